The minimum Gasteiger partial charge on any atom is -0.385 e. The van der Waals surface area contributed by atoms with Crippen molar-refractivity contribution in [2.75, 3.05) is 11.9 Å². The number of nitrogens with one attached hydrogen (secondary N) is 1. The zero-order valence-corrected chi connectivity index (χ0v) is 12.0. The second kappa shape index (κ2) is 5.51. The monoisotopic (exact) mass is 282 g/mol. The number of halogens is 1. The Kier molecular flexibility index (Phi) is 3.57. The Bertz CT molecular complexity index is 739. The standard InChI is InChI=1S/C17H15ClN2/c1-2-19-17-11-16(12-6-4-3-5-7-12)20-15-9-8-13(18)10-14(15)17/h3-11H,2H2,1H3,(H,19,20). The SMILES string of the molecule is CCNc1cc(-c2ccccc2)nc2ccc(Cl)cc12. The predicted octanol–water partition coefficient (Wildman–Crippen LogP) is 4.99. The summed E-state index contributed by atoms with van der Waals surface area (Å²) in [7, 11) is 0. The van der Waals surface area contributed by atoms with Crippen molar-refractivity contribution in [1.82, 2.24) is 4.98 Å². The quantitative estimate of drug-likeness (QED) is 0.732. The second-order valence-electron chi connectivity index (χ2n) is 4.61. The molecule has 0 aliphatic carbocycles. The zero-order chi connectivity index (χ0) is 13.9. The van der Waals surface area contributed by atoms with Gasteiger partial charge in [-0.05, 0) is 31.2 Å². The van der Waals surface area contributed by atoms with E-state index in [-0.39, 0.29) is 0 Å². The molecule has 1 N–H and O–H groups in total. The van der Waals surface area contributed by atoms with E-state index in [1.165, 1.54) is 0 Å². The molecule has 0 atom stereocenters. The molecule has 2 nitrogen and oxygen atoms in total. The predicted molar refractivity (Wildman–Crippen MR) is 86.4 cm³/mol. The van der Waals surface area contributed by atoms with Crippen LogP contribution in [0, 0.1) is 0 Å². The van der Waals surface area contributed by atoms with Crippen LogP contribution in [-0.2, 0) is 0 Å². The fourth-order valence-electron chi connectivity index (χ4n) is 2.29. The van der Waals surface area contributed by atoms with Crippen LogP contribution in [0.3, 0.4) is 0 Å². The number of nitrogens with zero attached hydrogens (tertiary/aromatic N) is 1. The lowest BCUT2D eigenvalue weighted by Crippen LogP contribution is -1.99. The first kappa shape index (κ1) is 12.9. The van der Waals surface area contributed by atoms with Gasteiger partial charge in [-0.2, -0.15) is 0 Å². The van der Waals surface area contributed by atoms with E-state index in [9.17, 15) is 0 Å². The Morgan fingerprint density at radius 3 is 2.60 bits per heavy atom. The van der Waals surface area contributed by atoms with E-state index in [0.717, 1.165) is 39.4 Å². The average molecular weight is 283 g/mol. The van der Waals surface area contributed by atoms with Crippen molar-refractivity contribution in [3.05, 3.63) is 59.6 Å². The van der Waals surface area contributed by atoms with Gasteiger partial charge in [0, 0.05) is 28.2 Å². The highest BCUT2D eigenvalue weighted by Gasteiger charge is 2.07. The molecule has 0 bridgehead atoms. The smallest absolute Gasteiger partial charge is 0.0731 e. The third kappa shape index (κ3) is 2.47. The number of anilines is 1. The Morgan fingerprint density at radius 1 is 1.05 bits per heavy atom. The Balaban J connectivity index is 2.23. The summed E-state index contributed by atoms with van der Waals surface area (Å²) in [5.74, 6) is 0. The largest absolute Gasteiger partial charge is 0.385 e. The lowest BCUT2D eigenvalue weighted by molar-refractivity contribution is 1.21. The molecule has 0 amide bonds. The van der Waals surface area contributed by atoms with Crippen molar-refractivity contribution in [3.63, 3.8) is 0 Å². The minimum atomic E-state index is 0.728. The van der Waals surface area contributed by atoms with Crippen LogP contribution in [0.25, 0.3) is 22.2 Å². The van der Waals surface area contributed by atoms with Gasteiger partial charge in [0.2, 0.25) is 0 Å². The van der Waals surface area contributed by atoms with E-state index in [1.54, 1.807) is 0 Å². The van der Waals surface area contributed by atoms with E-state index in [1.807, 2.05) is 36.4 Å². The fraction of sp³-hybridized carbons (Fsp3) is 0.118. The van der Waals surface area contributed by atoms with Crippen LogP contribution in [-0.4, -0.2) is 11.5 Å². The summed E-state index contributed by atoms with van der Waals surface area (Å²) in [5, 5.41) is 5.17. The number of aromatic nitrogens is 1. The first-order valence-corrected chi connectivity index (χ1v) is 7.05. The molecule has 3 heteroatoms. The van der Waals surface area contributed by atoms with E-state index in [0.29, 0.717) is 0 Å². The maximum absolute atomic E-state index is 6.09. The third-order valence-electron chi connectivity index (χ3n) is 3.21. The molecule has 0 radical (unpaired) electrons. The van der Waals surface area contributed by atoms with Crippen LogP contribution in [0.15, 0.2) is 54.6 Å². The van der Waals surface area contributed by atoms with Gasteiger partial charge in [0.25, 0.3) is 0 Å². The summed E-state index contributed by atoms with van der Waals surface area (Å²) in [6.07, 6.45) is 0. The van der Waals surface area contributed by atoms with E-state index < -0.39 is 0 Å². The Morgan fingerprint density at radius 2 is 1.85 bits per heavy atom. The molecule has 0 aliphatic heterocycles. The first-order chi connectivity index (χ1) is 9.78. The number of fused-ring (bicyclic) bond motifs is 1. The summed E-state index contributed by atoms with van der Waals surface area (Å²) < 4.78 is 0. The molecule has 100 valence electrons. The van der Waals surface area contributed by atoms with Crippen molar-refractivity contribution < 1.29 is 0 Å². The van der Waals surface area contributed by atoms with Gasteiger partial charge in [-0.1, -0.05) is 41.9 Å². The molecule has 0 spiro atoms. The normalized spacial score (nSPS) is 10.7. The second-order valence-corrected chi connectivity index (χ2v) is 5.05. The molecule has 0 aliphatic rings. The lowest BCUT2D eigenvalue weighted by Gasteiger charge is -2.11. The van der Waals surface area contributed by atoms with Crippen molar-refractivity contribution in [2.24, 2.45) is 0 Å². The molecule has 2 aromatic carbocycles. The zero-order valence-electron chi connectivity index (χ0n) is 11.2. The molecule has 0 saturated heterocycles. The van der Waals surface area contributed by atoms with Gasteiger partial charge in [0.05, 0.1) is 11.2 Å². The van der Waals surface area contributed by atoms with E-state index in [4.69, 9.17) is 16.6 Å². The van der Waals surface area contributed by atoms with Crippen molar-refractivity contribution in [2.45, 2.75) is 6.92 Å². The number of benzene rings is 2. The molecule has 0 saturated carbocycles. The number of rotatable bonds is 3. The van der Waals surface area contributed by atoms with Crippen molar-refractivity contribution >= 4 is 28.2 Å². The van der Waals surface area contributed by atoms with Crippen LogP contribution >= 0.6 is 11.6 Å². The molecule has 0 fully saturated rings. The topological polar surface area (TPSA) is 24.9 Å². The highest BCUT2D eigenvalue weighted by molar-refractivity contribution is 6.31. The van der Waals surface area contributed by atoms with Crippen LogP contribution < -0.4 is 5.32 Å². The summed E-state index contributed by atoms with van der Waals surface area (Å²) in [5.41, 5.74) is 4.10. The van der Waals surface area contributed by atoms with Crippen molar-refractivity contribution in [1.29, 1.82) is 0 Å². The molecular weight excluding hydrogens is 268 g/mol. The fourth-order valence-corrected chi connectivity index (χ4v) is 2.46. The van der Waals surface area contributed by atoms with Gasteiger partial charge in [-0.15, -0.1) is 0 Å². The van der Waals surface area contributed by atoms with Crippen LogP contribution in [0.5, 0.6) is 0 Å². The Hall–Kier alpha value is -2.06. The van der Waals surface area contributed by atoms with Gasteiger partial charge in [-0.3, -0.25) is 0 Å². The highest BCUT2D eigenvalue weighted by atomic mass is 35.5. The molecule has 3 rings (SSSR count). The van der Waals surface area contributed by atoms with E-state index >= 15 is 0 Å². The molecule has 3 aromatic rings. The molecule has 20 heavy (non-hydrogen) atoms. The van der Waals surface area contributed by atoms with Gasteiger partial charge < -0.3 is 5.32 Å². The molecule has 0 unspecified atom stereocenters. The maximum atomic E-state index is 6.09. The Labute approximate surface area is 123 Å². The first-order valence-electron chi connectivity index (χ1n) is 6.67. The van der Waals surface area contributed by atoms with Gasteiger partial charge in [0.1, 0.15) is 0 Å². The van der Waals surface area contributed by atoms with Gasteiger partial charge in [-0.25, -0.2) is 4.98 Å². The van der Waals surface area contributed by atoms with Crippen molar-refractivity contribution in [3.8, 4) is 11.3 Å². The number of pyridine rings is 1. The van der Waals surface area contributed by atoms with E-state index in [2.05, 4.69) is 30.4 Å². The van der Waals surface area contributed by atoms with Crippen LogP contribution in [0.1, 0.15) is 6.92 Å². The van der Waals surface area contributed by atoms with Crippen LogP contribution in [0.4, 0.5) is 5.69 Å². The third-order valence-corrected chi connectivity index (χ3v) is 3.44. The molecule has 1 heterocycles. The average Bonchev–Trinajstić information content (AvgIpc) is 2.49. The molecule has 1 aromatic heterocycles. The number of hydrogen-bond donors (Lipinski definition) is 1. The van der Waals surface area contributed by atoms with Gasteiger partial charge in [0.15, 0.2) is 0 Å². The molecular formula is C17H15ClN2. The summed E-state index contributed by atoms with van der Waals surface area (Å²) in [6.45, 7) is 2.94. The maximum Gasteiger partial charge on any atom is 0.0731 e. The lowest BCUT2D eigenvalue weighted by atomic mass is 10.1. The summed E-state index contributed by atoms with van der Waals surface area (Å²) >= 11 is 6.09. The highest BCUT2D eigenvalue weighted by Crippen LogP contribution is 2.30. The number of hydrogen-bond acceptors (Lipinski definition) is 2. The minimum absolute atomic E-state index is 0.728. The summed E-state index contributed by atoms with van der Waals surface area (Å²) in [6, 6.07) is 18.1. The summed E-state index contributed by atoms with van der Waals surface area (Å²) in [4.78, 5) is 4.73. The van der Waals surface area contributed by atoms with Crippen LogP contribution in [0.2, 0.25) is 5.02 Å². The van der Waals surface area contributed by atoms with Gasteiger partial charge >= 0.3 is 0 Å².